The lowest BCUT2D eigenvalue weighted by atomic mass is 10.1. The van der Waals surface area contributed by atoms with Crippen LogP contribution in [0.15, 0.2) is 35.5 Å². The maximum absolute atomic E-state index is 13.5. The van der Waals surface area contributed by atoms with E-state index >= 15 is 0 Å². The number of hydrogen-bond acceptors (Lipinski definition) is 4. The van der Waals surface area contributed by atoms with Crippen LogP contribution in [0.2, 0.25) is 0 Å². The zero-order valence-corrected chi connectivity index (χ0v) is 16.0. The molecule has 1 aromatic carbocycles. The van der Waals surface area contributed by atoms with Crippen molar-refractivity contribution in [3.8, 4) is 0 Å². The van der Waals surface area contributed by atoms with Crippen molar-refractivity contribution in [1.29, 1.82) is 0 Å². The zero-order valence-electron chi connectivity index (χ0n) is 15.2. The minimum Gasteiger partial charge on any atom is -0.354 e. The van der Waals surface area contributed by atoms with Gasteiger partial charge in [-0.1, -0.05) is 19.1 Å². The van der Waals surface area contributed by atoms with Crippen LogP contribution in [0.3, 0.4) is 0 Å². The molecule has 1 atom stereocenters. The van der Waals surface area contributed by atoms with Gasteiger partial charge in [0.2, 0.25) is 0 Å². The van der Waals surface area contributed by atoms with Gasteiger partial charge in [0.15, 0.2) is 5.96 Å². The number of nitrogens with one attached hydrogen (secondary N) is 2. The molecule has 1 aromatic heterocycles. The van der Waals surface area contributed by atoms with E-state index in [9.17, 15) is 4.39 Å². The smallest absolute Gasteiger partial charge is 0.191 e. The van der Waals surface area contributed by atoms with Gasteiger partial charge in [-0.2, -0.15) is 0 Å². The first-order valence-corrected chi connectivity index (χ1v) is 9.15. The maximum Gasteiger partial charge on any atom is 0.191 e. The molecule has 0 radical (unpaired) electrons. The van der Waals surface area contributed by atoms with Gasteiger partial charge in [-0.3, -0.25) is 4.99 Å². The van der Waals surface area contributed by atoms with Crippen LogP contribution in [-0.4, -0.2) is 43.5 Å². The van der Waals surface area contributed by atoms with Crippen molar-refractivity contribution in [3.05, 3.63) is 51.7 Å². The lowest BCUT2D eigenvalue weighted by Crippen LogP contribution is -2.41. The number of hydrogen-bond donors (Lipinski definition) is 2. The van der Waals surface area contributed by atoms with E-state index in [0.29, 0.717) is 19.0 Å². The molecule has 136 valence electrons. The predicted molar refractivity (Wildman–Crippen MR) is 103 cm³/mol. The van der Waals surface area contributed by atoms with Crippen LogP contribution >= 0.6 is 11.3 Å². The molecule has 0 aliphatic carbocycles. The molecule has 1 unspecified atom stereocenters. The third-order valence-corrected chi connectivity index (χ3v) is 5.04. The highest BCUT2D eigenvalue weighted by atomic mass is 32.1. The van der Waals surface area contributed by atoms with Crippen molar-refractivity contribution in [3.63, 3.8) is 0 Å². The molecule has 1 heterocycles. The Morgan fingerprint density at radius 2 is 2.16 bits per heavy atom. The van der Waals surface area contributed by atoms with Crippen LogP contribution in [0, 0.1) is 5.82 Å². The summed E-state index contributed by atoms with van der Waals surface area (Å²) in [4.78, 5) is 12.0. The summed E-state index contributed by atoms with van der Waals surface area (Å²) in [5.74, 6) is 0.485. The predicted octanol–water partition coefficient (Wildman–Crippen LogP) is 2.81. The van der Waals surface area contributed by atoms with E-state index in [2.05, 4.69) is 32.4 Å². The number of benzene rings is 1. The van der Waals surface area contributed by atoms with E-state index in [-0.39, 0.29) is 11.9 Å². The molecule has 5 nitrogen and oxygen atoms in total. The van der Waals surface area contributed by atoms with Crippen LogP contribution in [-0.2, 0) is 13.0 Å². The molecule has 0 amide bonds. The number of nitrogens with zero attached hydrogens (tertiary/aromatic N) is 3. The molecule has 2 aromatic rings. The van der Waals surface area contributed by atoms with Crippen molar-refractivity contribution in [2.24, 2.45) is 4.99 Å². The molecular weight excluding hydrogens is 337 g/mol. The lowest BCUT2D eigenvalue weighted by Gasteiger charge is -2.26. The molecule has 2 N–H and O–H groups in total. The molecule has 0 fully saturated rings. The van der Waals surface area contributed by atoms with Crippen LogP contribution in [0.4, 0.5) is 4.39 Å². The topological polar surface area (TPSA) is 52.6 Å². The van der Waals surface area contributed by atoms with Gasteiger partial charge in [-0.25, -0.2) is 9.37 Å². The second kappa shape index (κ2) is 9.48. The van der Waals surface area contributed by atoms with E-state index in [4.69, 9.17) is 0 Å². The summed E-state index contributed by atoms with van der Waals surface area (Å²) in [5.41, 5.74) is 0.931. The Balaban J connectivity index is 1.93. The standard InChI is InChI=1S/C18H26FN5S/c1-5-15-10-21-17(25-15)12-23-18(20-2)22-11-16(24(3)4)13-7-6-8-14(19)9-13/h6-10,16H,5,11-12H2,1-4H3,(H2,20,22,23). The van der Waals surface area contributed by atoms with Crippen molar-refractivity contribution in [1.82, 2.24) is 20.5 Å². The molecule has 0 aliphatic rings. The maximum atomic E-state index is 13.5. The molecule has 0 saturated heterocycles. The van der Waals surface area contributed by atoms with Crippen LogP contribution in [0.5, 0.6) is 0 Å². The second-order valence-corrected chi connectivity index (χ2v) is 7.11. The number of aliphatic imine (C=N–C) groups is 1. The van der Waals surface area contributed by atoms with Gasteiger partial charge in [-0.15, -0.1) is 11.3 Å². The summed E-state index contributed by atoms with van der Waals surface area (Å²) < 4.78 is 13.5. The quantitative estimate of drug-likeness (QED) is 0.587. The third kappa shape index (κ3) is 5.79. The van der Waals surface area contributed by atoms with Gasteiger partial charge in [0.1, 0.15) is 10.8 Å². The molecule has 2 rings (SSSR count). The first kappa shape index (κ1) is 19.3. The lowest BCUT2D eigenvalue weighted by molar-refractivity contribution is 0.297. The summed E-state index contributed by atoms with van der Waals surface area (Å²) >= 11 is 1.71. The summed E-state index contributed by atoms with van der Waals surface area (Å²) in [6.45, 7) is 3.38. The molecule has 0 bridgehead atoms. The number of guanidine groups is 1. The van der Waals surface area contributed by atoms with Crippen molar-refractivity contribution in [2.75, 3.05) is 27.7 Å². The Bertz CT molecular complexity index is 698. The highest BCUT2D eigenvalue weighted by molar-refractivity contribution is 7.11. The third-order valence-electron chi connectivity index (χ3n) is 3.90. The van der Waals surface area contributed by atoms with Gasteiger partial charge in [0.05, 0.1) is 12.6 Å². The molecular formula is C18H26FN5S. The van der Waals surface area contributed by atoms with Gasteiger partial charge in [0, 0.05) is 24.7 Å². The number of likely N-dealkylation sites (N-methyl/N-ethyl adjacent to an activating group) is 1. The number of aryl methyl sites for hydroxylation is 1. The zero-order chi connectivity index (χ0) is 18.2. The first-order chi connectivity index (χ1) is 12.0. The minimum atomic E-state index is -0.220. The largest absolute Gasteiger partial charge is 0.354 e. The summed E-state index contributed by atoms with van der Waals surface area (Å²) in [6.07, 6.45) is 2.92. The van der Waals surface area contributed by atoms with Crippen LogP contribution in [0.1, 0.15) is 28.4 Å². The van der Waals surface area contributed by atoms with Crippen molar-refractivity contribution < 1.29 is 4.39 Å². The summed E-state index contributed by atoms with van der Waals surface area (Å²) in [7, 11) is 5.70. The van der Waals surface area contributed by atoms with E-state index in [1.165, 1.54) is 10.9 Å². The SMILES string of the molecule is CCc1cnc(CNC(=NC)NCC(c2cccc(F)c2)N(C)C)s1. The second-order valence-electron chi connectivity index (χ2n) is 5.91. The number of rotatable bonds is 7. The van der Waals surface area contributed by atoms with E-state index in [0.717, 1.165) is 17.0 Å². The Hall–Kier alpha value is -1.99. The summed E-state index contributed by atoms with van der Waals surface area (Å²) in [6, 6.07) is 6.75. The minimum absolute atomic E-state index is 0.0424. The number of aromatic nitrogens is 1. The van der Waals surface area contributed by atoms with Crippen molar-refractivity contribution >= 4 is 17.3 Å². The van der Waals surface area contributed by atoms with Gasteiger partial charge < -0.3 is 15.5 Å². The average Bonchev–Trinajstić information content (AvgIpc) is 3.05. The Morgan fingerprint density at radius 1 is 1.36 bits per heavy atom. The van der Waals surface area contributed by atoms with Crippen LogP contribution in [0.25, 0.3) is 0 Å². The number of thiazole rings is 1. The van der Waals surface area contributed by atoms with Gasteiger partial charge in [-0.05, 0) is 38.2 Å². The van der Waals surface area contributed by atoms with Gasteiger partial charge >= 0.3 is 0 Å². The van der Waals surface area contributed by atoms with Gasteiger partial charge in [0.25, 0.3) is 0 Å². The fourth-order valence-corrected chi connectivity index (χ4v) is 3.28. The molecule has 0 saturated carbocycles. The Kier molecular flexibility index (Phi) is 7.33. The molecule has 7 heteroatoms. The first-order valence-electron chi connectivity index (χ1n) is 8.33. The fourth-order valence-electron chi connectivity index (χ4n) is 2.48. The van der Waals surface area contributed by atoms with E-state index in [1.54, 1.807) is 30.5 Å². The normalized spacial score (nSPS) is 13.1. The average molecular weight is 364 g/mol. The number of halogens is 1. The van der Waals surface area contributed by atoms with Crippen molar-refractivity contribution in [2.45, 2.75) is 25.9 Å². The summed E-state index contributed by atoms with van der Waals surface area (Å²) in [5, 5.41) is 7.62. The molecule has 0 spiro atoms. The van der Waals surface area contributed by atoms with E-state index < -0.39 is 0 Å². The monoisotopic (exact) mass is 363 g/mol. The highest BCUT2D eigenvalue weighted by Gasteiger charge is 2.15. The van der Waals surface area contributed by atoms with Crippen LogP contribution < -0.4 is 10.6 Å². The Labute approximate surface area is 153 Å². The highest BCUT2D eigenvalue weighted by Crippen LogP contribution is 2.18. The fraction of sp³-hybridized carbons (Fsp3) is 0.444. The Morgan fingerprint density at radius 3 is 2.76 bits per heavy atom. The molecule has 0 aliphatic heterocycles. The molecule has 25 heavy (non-hydrogen) atoms. The van der Waals surface area contributed by atoms with E-state index in [1.807, 2.05) is 26.4 Å².